The lowest BCUT2D eigenvalue weighted by atomic mass is 10.2. The van der Waals surface area contributed by atoms with Gasteiger partial charge in [0.05, 0.1) is 11.4 Å². The van der Waals surface area contributed by atoms with Crippen molar-refractivity contribution in [2.75, 3.05) is 10.5 Å². The summed E-state index contributed by atoms with van der Waals surface area (Å²) in [6.07, 6.45) is 0. The molecule has 0 atom stereocenters. The number of nitrogen functional groups attached to an aromatic ring is 1. The Kier molecular flexibility index (Phi) is 4.08. The maximum Gasteiger partial charge on any atom is 0.237 e. The fourth-order valence-corrected chi connectivity index (χ4v) is 2.89. The summed E-state index contributed by atoms with van der Waals surface area (Å²) in [5, 5.41) is 0. The van der Waals surface area contributed by atoms with E-state index in [1.165, 1.54) is 12.1 Å². The van der Waals surface area contributed by atoms with Gasteiger partial charge in [-0.3, -0.25) is 4.72 Å². The number of benzene rings is 2. The van der Waals surface area contributed by atoms with Crippen LogP contribution in [0.5, 0.6) is 0 Å². The van der Waals surface area contributed by atoms with Gasteiger partial charge >= 0.3 is 0 Å². The van der Waals surface area contributed by atoms with E-state index in [0.29, 0.717) is 17.3 Å². The topological polar surface area (TPSA) is 72.2 Å². The minimum atomic E-state index is -3.99. The Labute approximate surface area is 119 Å². The first-order valence-corrected chi connectivity index (χ1v) is 7.42. The Bertz CT molecular complexity index is 779. The number of nitrogens with two attached hydrogens (primary N) is 1. The molecule has 0 heterocycles. The van der Waals surface area contributed by atoms with Gasteiger partial charge in [0.1, 0.15) is 0 Å². The highest BCUT2D eigenvalue weighted by molar-refractivity contribution is 7.91. The zero-order chi connectivity index (χ0) is 15.6. The van der Waals surface area contributed by atoms with Crippen molar-refractivity contribution in [2.45, 2.75) is 5.75 Å². The Morgan fingerprint density at radius 1 is 1.05 bits per heavy atom. The second-order valence-electron chi connectivity index (χ2n) is 4.33. The van der Waals surface area contributed by atoms with E-state index in [9.17, 15) is 21.6 Å². The van der Waals surface area contributed by atoms with E-state index in [4.69, 9.17) is 5.73 Å². The fraction of sp³-hybridized carbons (Fsp3) is 0.0769. The first kappa shape index (κ1) is 15.2. The van der Waals surface area contributed by atoms with Crippen LogP contribution in [0, 0.1) is 17.5 Å². The average Bonchev–Trinajstić information content (AvgIpc) is 2.39. The molecule has 3 N–H and O–H groups in total. The van der Waals surface area contributed by atoms with Crippen molar-refractivity contribution >= 4 is 21.4 Å². The Balaban J connectivity index is 2.24. The molecule has 21 heavy (non-hydrogen) atoms. The first-order chi connectivity index (χ1) is 9.78. The molecule has 8 heteroatoms. The van der Waals surface area contributed by atoms with Gasteiger partial charge in [0, 0.05) is 5.69 Å². The smallest absolute Gasteiger partial charge is 0.237 e. The largest absolute Gasteiger partial charge is 0.399 e. The van der Waals surface area contributed by atoms with Gasteiger partial charge in [-0.2, -0.15) is 0 Å². The molecule has 0 aliphatic carbocycles. The van der Waals surface area contributed by atoms with Crippen LogP contribution in [0.15, 0.2) is 36.4 Å². The summed E-state index contributed by atoms with van der Waals surface area (Å²) in [6, 6.07) is 7.57. The van der Waals surface area contributed by atoms with E-state index in [1.807, 2.05) is 4.72 Å². The van der Waals surface area contributed by atoms with E-state index < -0.39 is 38.9 Å². The normalized spacial score (nSPS) is 11.4. The van der Waals surface area contributed by atoms with Crippen molar-refractivity contribution < 1.29 is 21.6 Å². The summed E-state index contributed by atoms with van der Waals surface area (Å²) >= 11 is 0. The Morgan fingerprint density at radius 3 is 2.43 bits per heavy atom. The molecule has 0 spiro atoms. The van der Waals surface area contributed by atoms with Crippen LogP contribution in [-0.4, -0.2) is 8.42 Å². The molecule has 0 fully saturated rings. The van der Waals surface area contributed by atoms with Crippen LogP contribution in [0.2, 0.25) is 0 Å². The second-order valence-corrected chi connectivity index (χ2v) is 6.05. The number of halogens is 3. The third-order valence-corrected chi connectivity index (χ3v) is 3.85. The Morgan fingerprint density at radius 2 is 1.76 bits per heavy atom. The van der Waals surface area contributed by atoms with Gasteiger partial charge in [0.2, 0.25) is 10.0 Å². The molecular formula is C13H11F3N2O2S. The molecule has 2 aromatic rings. The maximum absolute atomic E-state index is 13.4. The second kappa shape index (κ2) is 5.65. The number of sulfonamides is 1. The van der Waals surface area contributed by atoms with Crippen molar-refractivity contribution in [2.24, 2.45) is 0 Å². The highest BCUT2D eigenvalue weighted by Crippen LogP contribution is 2.21. The molecule has 0 aromatic heterocycles. The fourth-order valence-electron chi connectivity index (χ4n) is 1.71. The zero-order valence-corrected chi connectivity index (χ0v) is 11.4. The van der Waals surface area contributed by atoms with Gasteiger partial charge in [0.25, 0.3) is 0 Å². The van der Waals surface area contributed by atoms with Crippen LogP contribution >= 0.6 is 0 Å². The molecule has 0 aliphatic heterocycles. The highest BCUT2D eigenvalue weighted by Gasteiger charge is 2.18. The molecule has 0 bridgehead atoms. The molecule has 0 unspecified atom stereocenters. The van der Waals surface area contributed by atoms with Gasteiger partial charge in [-0.1, -0.05) is 12.1 Å². The van der Waals surface area contributed by atoms with Crippen molar-refractivity contribution in [3.8, 4) is 0 Å². The van der Waals surface area contributed by atoms with Crippen LogP contribution < -0.4 is 10.5 Å². The van der Waals surface area contributed by atoms with Gasteiger partial charge in [-0.15, -0.1) is 0 Å². The highest BCUT2D eigenvalue weighted by atomic mass is 32.2. The summed E-state index contributed by atoms with van der Waals surface area (Å²) < 4.78 is 64.9. The molecule has 112 valence electrons. The van der Waals surface area contributed by atoms with Gasteiger partial charge < -0.3 is 5.73 Å². The van der Waals surface area contributed by atoms with Crippen LogP contribution in [-0.2, 0) is 15.8 Å². The molecule has 0 aliphatic rings. The quantitative estimate of drug-likeness (QED) is 0.673. The SMILES string of the molecule is Nc1cccc(CS(=O)(=O)Nc2ccc(F)c(F)c2F)c1. The van der Waals surface area contributed by atoms with Crippen LogP contribution in [0.1, 0.15) is 5.56 Å². The van der Waals surface area contributed by atoms with Crippen LogP contribution in [0.4, 0.5) is 24.5 Å². The average molecular weight is 316 g/mol. The van der Waals surface area contributed by atoms with Crippen molar-refractivity contribution in [3.05, 3.63) is 59.4 Å². The van der Waals surface area contributed by atoms with E-state index in [1.54, 1.807) is 12.1 Å². The number of hydrogen-bond donors (Lipinski definition) is 2. The molecule has 4 nitrogen and oxygen atoms in total. The summed E-state index contributed by atoms with van der Waals surface area (Å²) in [6.45, 7) is 0. The number of anilines is 2. The standard InChI is InChI=1S/C13H11F3N2O2S/c14-10-4-5-11(13(16)12(10)15)18-21(19,20)7-8-2-1-3-9(17)6-8/h1-6,18H,7,17H2. The number of nitrogens with one attached hydrogen (secondary N) is 1. The molecule has 0 radical (unpaired) electrons. The van der Waals surface area contributed by atoms with E-state index in [-0.39, 0.29) is 0 Å². The van der Waals surface area contributed by atoms with Crippen LogP contribution in [0.3, 0.4) is 0 Å². The minimum absolute atomic E-state index is 0.377. The zero-order valence-electron chi connectivity index (χ0n) is 10.6. The monoisotopic (exact) mass is 316 g/mol. The maximum atomic E-state index is 13.4. The number of hydrogen-bond acceptors (Lipinski definition) is 3. The first-order valence-electron chi connectivity index (χ1n) is 5.77. The molecule has 0 saturated carbocycles. The summed E-state index contributed by atoms with van der Waals surface area (Å²) in [5.41, 5.74) is 5.63. The van der Waals surface area contributed by atoms with E-state index in [2.05, 4.69) is 0 Å². The van der Waals surface area contributed by atoms with Crippen molar-refractivity contribution in [1.82, 2.24) is 0 Å². The lowest BCUT2D eigenvalue weighted by Crippen LogP contribution is -2.16. The van der Waals surface area contributed by atoms with E-state index in [0.717, 1.165) is 6.07 Å². The molecule has 2 rings (SSSR count). The number of rotatable bonds is 4. The van der Waals surface area contributed by atoms with Gasteiger partial charge in [-0.25, -0.2) is 21.6 Å². The van der Waals surface area contributed by atoms with E-state index >= 15 is 0 Å². The predicted octanol–water partition coefficient (Wildman–Crippen LogP) is 2.63. The lowest BCUT2D eigenvalue weighted by molar-refractivity contribution is 0.449. The molecule has 0 amide bonds. The summed E-state index contributed by atoms with van der Waals surface area (Å²) in [7, 11) is -3.99. The third-order valence-electron chi connectivity index (χ3n) is 2.61. The molecular weight excluding hydrogens is 305 g/mol. The minimum Gasteiger partial charge on any atom is -0.399 e. The van der Waals surface area contributed by atoms with Crippen LogP contribution in [0.25, 0.3) is 0 Å². The predicted molar refractivity (Wildman–Crippen MR) is 73.4 cm³/mol. The molecule has 0 saturated heterocycles. The van der Waals surface area contributed by atoms with Crippen molar-refractivity contribution in [1.29, 1.82) is 0 Å². The Hall–Kier alpha value is -2.22. The van der Waals surface area contributed by atoms with Gasteiger partial charge in [0.15, 0.2) is 17.5 Å². The van der Waals surface area contributed by atoms with Crippen molar-refractivity contribution in [3.63, 3.8) is 0 Å². The summed E-state index contributed by atoms with van der Waals surface area (Å²) in [5.74, 6) is -5.20. The third kappa shape index (κ3) is 3.66. The molecule has 2 aromatic carbocycles. The lowest BCUT2D eigenvalue weighted by Gasteiger charge is -2.10. The van der Waals surface area contributed by atoms with Gasteiger partial charge in [-0.05, 0) is 29.8 Å². The summed E-state index contributed by atoms with van der Waals surface area (Å²) in [4.78, 5) is 0.